The Morgan fingerprint density at radius 3 is 2.41 bits per heavy atom. The number of amides is 2. The molecule has 1 aliphatic heterocycles. The summed E-state index contributed by atoms with van der Waals surface area (Å²) in [6.07, 6.45) is -3.90. The molecule has 1 aliphatic rings. The van der Waals surface area contributed by atoms with E-state index in [2.05, 4.69) is 5.32 Å². The number of benzene rings is 1. The average molecular weight is 386 g/mol. The molecule has 1 saturated heterocycles. The maximum absolute atomic E-state index is 13.1. The van der Waals surface area contributed by atoms with Crippen LogP contribution in [-0.4, -0.2) is 46.4 Å². The van der Waals surface area contributed by atoms with E-state index in [0.717, 1.165) is 12.1 Å². The van der Waals surface area contributed by atoms with Crippen molar-refractivity contribution in [3.63, 3.8) is 0 Å². The molecule has 0 aromatic heterocycles. The van der Waals surface area contributed by atoms with Crippen LogP contribution in [0, 0.1) is 5.92 Å². The Kier molecular flexibility index (Phi) is 6.12. The number of carbonyl (C=O) groups is 3. The minimum Gasteiger partial charge on any atom is -0.480 e. The number of carbonyl (C=O) groups excluding carboxylic acids is 2. The molecule has 6 nitrogen and oxygen atoms in total. The summed E-state index contributed by atoms with van der Waals surface area (Å²) in [5, 5.41) is 11.6. The quantitative estimate of drug-likeness (QED) is 0.814. The van der Waals surface area contributed by atoms with Crippen LogP contribution in [0.2, 0.25) is 0 Å². The number of likely N-dealkylation sites (tertiary alicyclic amines) is 1. The third-order valence-electron chi connectivity index (χ3n) is 4.52. The number of rotatable bonds is 5. The molecule has 1 heterocycles. The van der Waals surface area contributed by atoms with Gasteiger partial charge in [-0.2, -0.15) is 13.2 Å². The summed E-state index contributed by atoms with van der Waals surface area (Å²) < 4.78 is 39.4. The predicted molar refractivity (Wildman–Crippen MR) is 89.9 cm³/mol. The van der Waals surface area contributed by atoms with Gasteiger partial charge >= 0.3 is 12.1 Å². The molecule has 0 saturated carbocycles. The SMILES string of the molecule is CC(C)[C@H](NC(=O)c1ccccc1C(F)(F)F)C(=O)N1CCC[C@H]1C(=O)O. The highest BCUT2D eigenvalue weighted by atomic mass is 19.4. The summed E-state index contributed by atoms with van der Waals surface area (Å²) >= 11 is 0. The Labute approximate surface area is 154 Å². The standard InChI is InChI=1S/C18H21F3N2O4/c1-10(2)14(16(25)23-9-5-8-13(23)17(26)27)22-15(24)11-6-3-4-7-12(11)18(19,20)21/h3-4,6-7,10,13-14H,5,8-9H2,1-2H3,(H,22,24)(H,26,27)/t13-,14-/m0/s1. The fraction of sp³-hybridized carbons (Fsp3) is 0.500. The van der Waals surface area contributed by atoms with Crippen LogP contribution in [0.15, 0.2) is 24.3 Å². The molecule has 2 atom stereocenters. The Bertz CT molecular complexity index is 734. The van der Waals surface area contributed by atoms with Crippen molar-refractivity contribution in [3.8, 4) is 0 Å². The largest absolute Gasteiger partial charge is 0.480 e. The third-order valence-corrected chi connectivity index (χ3v) is 4.52. The van der Waals surface area contributed by atoms with Crippen LogP contribution in [0.25, 0.3) is 0 Å². The smallest absolute Gasteiger partial charge is 0.417 e. The van der Waals surface area contributed by atoms with Gasteiger partial charge in [0.15, 0.2) is 0 Å². The molecule has 1 fully saturated rings. The van der Waals surface area contributed by atoms with Gasteiger partial charge in [0.2, 0.25) is 5.91 Å². The van der Waals surface area contributed by atoms with Crippen LogP contribution >= 0.6 is 0 Å². The van der Waals surface area contributed by atoms with Crippen molar-refractivity contribution in [1.29, 1.82) is 0 Å². The Morgan fingerprint density at radius 1 is 1.22 bits per heavy atom. The summed E-state index contributed by atoms with van der Waals surface area (Å²) in [5.74, 6) is -3.21. The summed E-state index contributed by atoms with van der Waals surface area (Å²) in [6, 6.07) is 2.19. The number of nitrogens with zero attached hydrogens (tertiary/aromatic N) is 1. The third kappa shape index (κ3) is 4.58. The second-order valence-corrected chi connectivity index (χ2v) is 6.77. The van der Waals surface area contributed by atoms with Crippen LogP contribution in [0.1, 0.15) is 42.6 Å². The summed E-state index contributed by atoms with van der Waals surface area (Å²) in [6.45, 7) is 3.49. The van der Waals surface area contributed by atoms with E-state index >= 15 is 0 Å². The number of hydrogen-bond acceptors (Lipinski definition) is 3. The van der Waals surface area contributed by atoms with Gasteiger partial charge in [-0.05, 0) is 30.9 Å². The lowest BCUT2D eigenvalue weighted by molar-refractivity contribution is -0.149. The lowest BCUT2D eigenvalue weighted by atomic mass is 10.0. The number of carboxylic acid groups (broad SMARTS) is 1. The van der Waals surface area contributed by atoms with Gasteiger partial charge in [0, 0.05) is 6.54 Å². The van der Waals surface area contributed by atoms with Crippen LogP contribution < -0.4 is 5.32 Å². The highest BCUT2D eigenvalue weighted by Gasteiger charge is 2.40. The number of aliphatic carboxylic acids is 1. The molecular weight excluding hydrogens is 365 g/mol. The molecule has 2 N–H and O–H groups in total. The van der Waals surface area contributed by atoms with E-state index in [4.69, 9.17) is 0 Å². The van der Waals surface area contributed by atoms with Crippen molar-refractivity contribution in [2.75, 3.05) is 6.54 Å². The van der Waals surface area contributed by atoms with Crippen molar-refractivity contribution in [2.24, 2.45) is 5.92 Å². The molecule has 0 bridgehead atoms. The van der Waals surface area contributed by atoms with E-state index < -0.39 is 53.1 Å². The maximum Gasteiger partial charge on any atom is 0.417 e. The molecule has 1 aromatic carbocycles. The fourth-order valence-corrected chi connectivity index (χ4v) is 3.13. The Hall–Kier alpha value is -2.58. The first-order chi connectivity index (χ1) is 12.5. The van der Waals surface area contributed by atoms with Gasteiger partial charge in [-0.15, -0.1) is 0 Å². The highest BCUT2D eigenvalue weighted by Crippen LogP contribution is 2.32. The number of hydrogen-bond donors (Lipinski definition) is 2. The maximum atomic E-state index is 13.1. The molecule has 2 rings (SSSR count). The van der Waals surface area contributed by atoms with Crippen molar-refractivity contribution >= 4 is 17.8 Å². The van der Waals surface area contributed by atoms with E-state index in [1.165, 1.54) is 17.0 Å². The van der Waals surface area contributed by atoms with Crippen molar-refractivity contribution in [1.82, 2.24) is 10.2 Å². The normalized spacial score (nSPS) is 18.4. The van der Waals surface area contributed by atoms with Crippen LogP contribution in [0.5, 0.6) is 0 Å². The van der Waals surface area contributed by atoms with Gasteiger partial charge in [0.05, 0.1) is 11.1 Å². The summed E-state index contributed by atoms with van der Waals surface area (Å²) in [5.41, 5.74) is -1.68. The molecule has 9 heteroatoms. The van der Waals surface area contributed by atoms with Gasteiger partial charge in [0.25, 0.3) is 5.91 Å². The first kappa shape index (κ1) is 20.7. The zero-order valence-corrected chi connectivity index (χ0v) is 14.9. The molecule has 2 amide bonds. The lowest BCUT2D eigenvalue weighted by Crippen LogP contribution is -2.53. The predicted octanol–water partition coefficient (Wildman–Crippen LogP) is 2.54. The molecule has 0 spiro atoms. The number of alkyl halides is 3. The molecule has 27 heavy (non-hydrogen) atoms. The van der Waals surface area contributed by atoms with Gasteiger partial charge in [-0.25, -0.2) is 4.79 Å². The number of halogens is 3. The topological polar surface area (TPSA) is 86.7 Å². The second kappa shape index (κ2) is 7.98. The molecule has 0 unspecified atom stereocenters. The summed E-state index contributed by atoms with van der Waals surface area (Å²) in [4.78, 5) is 37.7. The van der Waals surface area contributed by atoms with E-state index in [-0.39, 0.29) is 6.54 Å². The van der Waals surface area contributed by atoms with Gasteiger partial charge in [0.1, 0.15) is 12.1 Å². The fourth-order valence-electron chi connectivity index (χ4n) is 3.13. The van der Waals surface area contributed by atoms with Crippen LogP contribution in [0.4, 0.5) is 13.2 Å². The van der Waals surface area contributed by atoms with E-state index in [9.17, 15) is 32.7 Å². The average Bonchev–Trinajstić information content (AvgIpc) is 3.08. The van der Waals surface area contributed by atoms with Gasteiger partial charge in [-0.3, -0.25) is 9.59 Å². The molecule has 0 aliphatic carbocycles. The first-order valence-electron chi connectivity index (χ1n) is 8.54. The summed E-state index contributed by atoms with van der Waals surface area (Å²) in [7, 11) is 0. The van der Waals surface area contributed by atoms with E-state index in [1.807, 2.05) is 0 Å². The zero-order valence-electron chi connectivity index (χ0n) is 14.9. The Balaban J connectivity index is 2.26. The first-order valence-corrected chi connectivity index (χ1v) is 8.54. The van der Waals surface area contributed by atoms with E-state index in [1.54, 1.807) is 13.8 Å². The number of nitrogens with one attached hydrogen (secondary N) is 1. The molecule has 148 valence electrons. The lowest BCUT2D eigenvalue weighted by Gasteiger charge is -2.29. The van der Waals surface area contributed by atoms with Gasteiger partial charge in [-0.1, -0.05) is 26.0 Å². The van der Waals surface area contributed by atoms with Crippen LogP contribution in [0.3, 0.4) is 0 Å². The van der Waals surface area contributed by atoms with Crippen molar-refractivity contribution in [3.05, 3.63) is 35.4 Å². The zero-order chi connectivity index (χ0) is 20.4. The highest BCUT2D eigenvalue weighted by molar-refractivity contribution is 5.99. The minimum absolute atomic E-state index is 0.230. The Morgan fingerprint density at radius 2 is 1.85 bits per heavy atom. The van der Waals surface area contributed by atoms with E-state index in [0.29, 0.717) is 12.8 Å². The van der Waals surface area contributed by atoms with Crippen LogP contribution in [-0.2, 0) is 15.8 Å². The monoisotopic (exact) mass is 386 g/mol. The molecular formula is C18H21F3N2O4. The van der Waals surface area contributed by atoms with Crippen molar-refractivity contribution in [2.45, 2.75) is 44.9 Å². The molecule has 1 aromatic rings. The van der Waals surface area contributed by atoms with Gasteiger partial charge < -0.3 is 15.3 Å². The number of carboxylic acids is 1. The second-order valence-electron chi connectivity index (χ2n) is 6.77. The molecule has 0 radical (unpaired) electrons. The van der Waals surface area contributed by atoms with Crippen molar-refractivity contribution < 1.29 is 32.7 Å². The minimum atomic E-state index is -4.71.